The zero-order valence-electron chi connectivity index (χ0n) is 16.9. The Kier molecular flexibility index (Phi) is 6.44. The van der Waals surface area contributed by atoms with Gasteiger partial charge in [-0.2, -0.15) is 0 Å². The van der Waals surface area contributed by atoms with Gasteiger partial charge in [0.1, 0.15) is 12.4 Å². The Hall–Kier alpha value is -2.99. The Bertz CT molecular complexity index is 936. The van der Waals surface area contributed by atoms with Crippen molar-refractivity contribution in [1.29, 1.82) is 0 Å². The first kappa shape index (κ1) is 20.7. The average molecular weight is 396 g/mol. The third-order valence-corrected chi connectivity index (χ3v) is 4.83. The summed E-state index contributed by atoms with van der Waals surface area (Å²) in [5, 5.41) is 2.85. The van der Waals surface area contributed by atoms with Gasteiger partial charge in [-0.25, -0.2) is 4.39 Å². The number of benzene rings is 2. The van der Waals surface area contributed by atoms with Crippen LogP contribution in [0.4, 0.5) is 15.8 Å². The highest BCUT2D eigenvalue weighted by atomic mass is 19.1. The highest BCUT2D eigenvalue weighted by Crippen LogP contribution is 2.25. The van der Waals surface area contributed by atoms with Crippen LogP contribution >= 0.6 is 0 Å². The number of carbonyl (C=O) groups excluding carboxylic acids is 2. The van der Waals surface area contributed by atoms with Crippen molar-refractivity contribution in [2.75, 3.05) is 30.0 Å². The molecule has 1 heterocycles. The molecule has 29 heavy (non-hydrogen) atoms. The summed E-state index contributed by atoms with van der Waals surface area (Å²) in [6.07, 6.45) is 1.55. The van der Waals surface area contributed by atoms with E-state index in [0.717, 1.165) is 16.8 Å². The van der Waals surface area contributed by atoms with E-state index < -0.39 is 0 Å². The molecule has 1 aliphatic rings. The minimum atomic E-state index is -0.264. The molecule has 2 aromatic carbocycles. The Morgan fingerprint density at radius 1 is 1.21 bits per heavy atom. The number of nitrogens with zero attached hydrogens (tertiary/aromatic N) is 1. The monoisotopic (exact) mass is 396 g/mol. The van der Waals surface area contributed by atoms with Crippen molar-refractivity contribution in [3.8, 4) is 0 Å². The zero-order chi connectivity index (χ0) is 21.0. The predicted octanol–water partition coefficient (Wildman–Crippen LogP) is 4.18. The van der Waals surface area contributed by atoms with Crippen LogP contribution in [0.3, 0.4) is 0 Å². The summed E-state index contributed by atoms with van der Waals surface area (Å²) in [6, 6.07) is 12.0. The molecular formula is C23H25FN2O3. The van der Waals surface area contributed by atoms with Crippen molar-refractivity contribution in [2.45, 2.75) is 20.8 Å². The number of halogens is 1. The fourth-order valence-corrected chi connectivity index (χ4v) is 3.24. The first-order valence-corrected chi connectivity index (χ1v) is 9.62. The molecule has 152 valence electrons. The Morgan fingerprint density at radius 2 is 1.93 bits per heavy atom. The first-order chi connectivity index (χ1) is 13.8. The van der Waals surface area contributed by atoms with Crippen LogP contribution in [0, 0.1) is 18.7 Å². The van der Waals surface area contributed by atoms with Gasteiger partial charge in [0.05, 0.1) is 6.61 Å². The van der Waals surface area contributed by atoms with E-state index in [0.29, 0.717) is 24.4 Å². The van der Waals surface area contributed by atoms with Crippen LogP contribution in [-0.2, 0) is 14.3 Å². The van der Waals surface area contributed by atoms with Crippen molar-refractivity contribution < 1.29 is 18.7 Å². The highest BCUT2D eigenvalue weighted by molar-refractivity contribution is 6.04. The maximum absolute atomic E-state index is 13.6. The van der Waals surface area contributed by atoms with Crippen LogP contribution in [0.25, 0.3) is 5.57 Å². The molecule has 6 heteroatoms. The van der Waals surface area contributed by atoms with E-state index in [1.165, 1.54) is 6.07 Å². The van der Waals surface area contributed by atoms with Crippen molar-refractivity contribution in [1.82, 2.24) is 0 Å². The van der Waals surface area contributed by atoms with E-state index in [1.807, 2.05) is 13.8 Å². The molecule has 0 aliphatic carbocycles. The molecule has 0 atom stereocenters. The minimum Gasteiger partial charge on any atom is -0.370 e. The number of hydrogen-bond donors (Lipinski definition) is 1. The molecule has 0 radical (unpaired) electrons. The number of carbonyl (C=O) groups is 2. The summed E-state index contributed by atoms with van der Waals surface area (Å²) in [5.74, 6) is -0.501. The van der Waals surface area contributed by atoms with Gasteiger partial charge in [-0.15, -0.1) is 0 Å². The molecule has 0 aromatic heterocycles. The zero-order valence-corrected chi connectivity index (χ0v) is 16.9. The lowest BCUT2D eigenvalue weighted by atomic mass is 9.93. The number of allylic oxidation sites excluding steroid dienone is 1. The summed E-state index contributed by atoms with van der Waals surface area (Å²) in [5.41, 5.74) is 3.62. The number of morpholine rings is 1. The number of anilines is 2. The molecule has 3 rings (SSSR count). The molecule has 2 amide bonds. The largest absolute Gasteiger partial charge is 0.370 e. The second-order valence-corrected chi connectivity index (χ2v) is 7.35. The summed E-state index contributed by atoms with van der Waals surface area (Å²) < 4.78 is 18.7. The van der Waals surface area contributed by atoms with Crippen LogP contribution < -0.4 is 10.2 Å². The number of hydrogen-bond acceptors (Lipinski definition) is 3. The summed E-state index contributed by atoms with van der Waals surface area (Å²) >= 11 is 0. The molecule has 1 aliphatic heterocycles. The Balaban J connectivity index is 1.74. The van der Waals surface area contributed by atoms with Crippen molar-refractivity contribution in [3.05, 3.63) is 65.5 Å². The van der Waals surface area contributed by atoms with Crippen LogP contribution in [-0.4, -0.2) is 31.6 Å². The van der Waals surface area contributed by atoms with Gasteiger partial charge in [0, 0.05) is 24.0 Å². The Morgan fingerprint density at radius 3 is 2.55 bits per heavy atom. The van der Waals surface area contributed by atoms with E-state index in [2.05, 4.69) is 5.32 Å². The third kappa shape index (κ3) is 5.09. The topological polar surface area (TPSA) is 58.6 Å². The van der Waals surface area contributed by atoms with E-state index in [1.54, 1.807) is 54.3 Å². The van der Waals surface area contributed by atoms with Gasteiger partial charge in [0.2, 0.25) is 5.91 Å². The fraction of sp³-hybridized carbons (Fsp3) is 0.304. The van der Waals surface area contributed by atoms with Gasteiger partial charge in [0.15, 0.2) is 0 Å². The van der Waals surface area contributed by atoms with E-state index >= 15 is 0 Å². The predicted molar refractivity (Wildman–Crippen MR) is 112 cm³/mol. The maximum atomic E-state index is 13.6. The quantitative estimate of drug-likeness (QED) is 0.772. The second-order valence-electron chi connectivity index (χ2n) is 7.35. The van der Waals surface area contributed by atoms with Crippen LogP contribution in [0.2, 0.25) is 0 Å². The summed E-state index contributed by atoms with van der Waals surface area (Å²) in [6.45, 7) is 6.80. The van der Waals surface area contributed by atoms with E-state index in [4.69, 9.17) is 4.74 Å². The van der Waals surface area contributed by atoms with Gasteiger partial charge >= 0.3 is 0 Å². The molecule has 5 nitrogen and oxygen atoms in total. The van der Waals surface area contributed by atoms with Crippen molar-refractivity contribution >= 4 is 28.8 Å². The van der Waals surface area contributed by atoms with Gasteiger partial charge in [-0.05, 0) is 65.9 Å². The lowest BCUT2D eigenvalue weighted by Crippen LogP contribution is -2.41. The number of ether oxygens (including phenoxy) is 1. The molecule has 1 saturated heterocycles. The summed E-state index contributed by atoms with van der Waals surface area (Å²) in [7, 11) is 0. The van der Waals surface area contributed by atoms with Crippen molar-refractivity contribution in [3.63, 3.8) is 0 Å². The highest BCUT2D eigenvalue weighted by Gasteiger charge is 2.20. The second kappa shape index (κ2) is 9.01. The van der Waals surface area contributed by atoms with Crippen molar-refractivity contribution in [2.24, 2.45) is 5.92 Å². The van der Waals surface area contributed by atoms with Gasteiger partial charge in [-0.3, -0.25) is 9.59 Å². The number of amides is 2. The third-order valence-electron chi connectivity index (χ3n) is 4.83. The smallest absolute Gasteiger partial charge is 0.253 e. The summed E-state index contributed by atoms with van der Waals surface area (Å²) in [4.78, 5) is 26.1. The fourth-order valence-electron chi connectivity index (χ4n) is 3.24. The van der Waals surface area contributed by atoms with Crippen LogP contribution in [0.15, 0.2) is 48.5 Å². The lowest BCUT2D eigenvalue weighted by molar-refractivity contribution is -0.125. The molecule has 0 spiro atoms. The number of nitrogens with one attached hydrogen (secondary N) is 1. The minimum absolute atomic E-state index is 0.0767. The SMILES string of the molecule is Cc1cc(/C(=C/C(=O)Nc2ccc(N3CCOCC3=O)cc2)C(C)C)ccc1F. The maximum Gasteiger partial charge on any atom is 0.253 e. The van der Waals surface area contributed by atoms with E-state index in [9.17, 15) is 14.0 Å². The molecule has 2 aromatic rings. The van der Waals surface area contributed by atoms with Gasteiger partial charge in [0.25, 0.3) is 5.91 Å². The molecule has 1 N–H and O–H groups in total. The normalized spacial score (nSPS) is 15.0. The average Bonchev–Trinajstić information content (AvgIpc) is 2.69. The lowest BCUT2D eigenvalue weighted by Gasteiger charge is -2.26. The molecule has 0 bridgehead atoms. The first-order valence-electron chi connectivity index (χ1n) is 9.62. The standard InChI is InChI=1S/C23H25FN2O3/c1-15(2)20(17-4-9-21(24)16(3)12-17)13-22(27)25-18-5-7-19(8-6-18)26-10-11-29-14-23(26)28/h4-9,12-13,15H,10-11,14H2,1-3H3,(H,25,27)/b20-13+. The van der Waals surface area contributed by atoms with Gasteiger partial charge < -0.3 is 15.0 Å². The van der Waals surface area contributed by atoms with Crippen LogP contribution in [0.5, 0.6) is 0 Å². The van der Waals surface area contributed by atoms with Gasteiger partial charge in [-0.1, -0.05) is 19.9 Å². The number of aryl methyl sites for hydroxylation is 1. The molecule has 0 saturated carbocycles. The number of rotatable bonds is 5. The van der Waals surface area contributed by atoms with E-state index in [-0.39, 0.29) is 30.2 Å². The van der Waals surface area contributed by atoms with Crippen LogP contribution in [0.1, 0.15) is 25.0 Å². The Labute approximate surface area is 170 Å². The molecular weight excluding hydrogens is 371 g/mol. The molecule has 1 fully saturated rings. The molecule has 0 unspecified atom stereocenters.